The molecule has 0 aliphatic carbocycles. The van der Waals surface area contributed by atoms with E-state index in [-0.39, 0.29) is 5.91 Å². The number of hydrogen-bond acceptors (Lipinski definition) is 3. The van der Waals surface area contributed by atoms with Crippen LogP contribution in [0.25, 0.3) is 0 Å². The van der Waals surface area contributed by atoms with E-state index in [0.717, 1.165) is 11.3 Å². The normalized spacial score (nSPS) is 10.2. The van der Waals surface area contributed by atoms with E-state index in [0.29, 0.717) is 25.5 Å². The fraction of sp³-hybridized carbons (Fsp3) is 0. The number of halogens is 2. The molecule has 0 fully saturated rings. The lowest BCUT2D eigenvalue weighted by Crippen LogP contribution is -2.13. The lowest BCUT2D eigenvalue weighted by atomic mass is 10.2. The van der Waals surface area contributed by atoms with Crippen LogP contribution in [0.4, 0.5) is 5.69 Å². The lowest BCUT2D eigenvalue weighted by molar-refractivity contribution is 0.0998. The van der Waals surface area contributed by atoms with Gasteiger partial charge in [0.2, 0.25) is 5.91 Å². The van der Waals surface area contributed by atoms with Crippen LogP contribution in [0.1, 0.15) is 20.7 Å². The Morgan fingerprint density at radius 2 is 1.79 bits per heavy atom. The first kappa shape index (κ1) is 13.9. The summed E-state index contributed by atoms with van der Waals surface area (Å²) in [5.41, 5.74) is 6.34. The maximum absolute atomic E-state index is 11.9. The van der Waals surface area contributed by atoms with Crippen LogP contribution in [-0.4, -0.2) is 11.8 Å². The number of benzene rings is 1. The van der Waals surface area contributed by atoms with Gasteiger partial charge < -0.3 is 11.1 Å². The lowest BCUT2D eigenvalue weighted by Gasteiger charge is -2.04. The second-order valence-corrected chi connectivity index (χ2v) is 5.92. The van der Waals surface area contributed by atoms with Crippen molar-refractivity contribution in [2.75, 3.05) is 5.32 Å². The molecule has 19 heavy (non-hydrogen) atoms. The first-order valence-electron chi connectivity index (χ1n) is 5.13. The number of nitrogens with one attached hydrogen (secondary N) is 1. The van der Waals surface area contributed by atoms with Crippen molar-refractivity contribution in [2.24, 2.45) is 5.73 Å². The topological polar surface area (TPSA) is 72.2 Å². The number of carbonyl (C=O) groups is 2. The molecular weight excluding hydrogens is 307 g/mol. The predicted octanol–water partition coefficient (Wildman–Crippen LogP) is 3.41. The van der Waals surface area contributed by atoms with Gasteiger partial charge >= 0.3 is 0 Å². The van der Waals surface area contributed by atoms with Crippen molar-refractivity contribution in [3.63, 3.8) is 0 Å². The highest BCUT2D eigenvalue weighted by Gasteiger charge is 2.14. The van der Waals surface area contributed by atoms with E-state index in [1.807, 2.05) is 0 Å². The third-order valence-electron chi connectivity index (χ3n) is 2.33. The molecule has 3 N–H and O–H groups in total. The predicted molar refractivity (Wildman–Crippen MR) is 77.3 cm³/mol. The van der Waals surface area contributed by atoms with Crippen LogP contribution < -0.4 is 11.1 Å². The van der Waals surface area contributed by atoms with E-state index in [4.69, 9.17) is 28.9 Å². The molecule has 4 nitrogen and oxygen atoms in total. The molecule has 0 radical (unpaired) electrons. The Morgan fingerprint density at radius 1 is 1.16 bits per heavy atom. The van der Waals surface area contributed by atoms with Crippen LogP contribution in [0.2, 0.25) is 8.67 Å². The Morgan fingerprint density at radius 3 is 2.26 bits per heavy atom. The highest BCUT2D eigenvalue weighted by Crippen LogP contribution is 2.31. The van der Waals surface area contributed by atoms with Gasteiger partial charge in [0, 0.05) is 11.3 Å². The molecule has 2 amide bonds. The molecule has 0 aliphatic heterocycles. The van der Waals surface area contributed by atoms with Gasteiger partial charge in [-0.3, -0.25) is 9.59 Å². The van der Waals surface area contributed by atoms with Crippen LogP contribution in [-0.2, 0) is 0 Å². The van der Waals surface area contributed by atoms with Crippen molar-refractivity contribution in [1.29, 1.82) is 0 Å². The van der Waals surface area contributed by atoms with Crippen molar-refractivity contribution < 1.29 is 9.59 Å². The minimum Gasteiger partial charge on any atom is -0.366 e. The summed E-state index contributed by atoms with van der Waals surface area (Å²) in [5, 5.41) is 2.65. The summed E-state index contributed by atoms with van der Waals surface area (Å²) >= 11 is 12.8. The number of amides is 2. The number of hydrogen-bond donors (Lipinski definition) is 2. The fourth-order valence-corrected chi connectivity index (χ4v) is 2.87. The molecule has 0 unspecified atom stereocenters. The molecule has 1 aromatic heterocycles. The molecule has 1 heterocycles. The molecular formula is C12H8Cl2N2O2S. The summed E-state index contributed by atoms with van der Waals surface area (Å²) in [7, 11) is 0. The van der Waals surface area contributed by atoms with Crippen molar-refractivity contribution in [3.05, 3.63) is 50.1 Å². The highest BCUT2D eigenvalue weighted by molar-refractivity contribution is 7.20. The van der Waals surface area contributed by atoms with E-state index in [1.165, 1.54) is 18.2 Å². The molecule has 2 rings (SSSR count). The fourth-order valence-electron chi connectivity index (χ4n) is 1.41. The summed E-state index contributed by atoms with van der Waals surface area (Å²) in [5.74, 6) is -0.884. The standard InChI is InChI=1S/C12H8Cl2N2O2S/c13-9-5-8(10(14)19-9)12(18)16-7-3-1-6(2-4-7)11(15)17/h1-5H,(H2,15,17)(H,16,18). The summed E-state index contributed by atoms with van der Waals surface area (Å²) in [4.78, 5) is 22.8. The molecule has 2 aromatic rings. The Labute approximate surface area is 123 Å². The number of anilines is 1. The van der Waals surface area contributed by atoms with Gasteiger partial charge in [0.05, 0.1) is 9.90 Å². The molecule has 0 saturated heterocycles. The molecule has 1 aromatic carbocycles. The van der Waals surface area contributed by atoms with Gasteiger partial charge in [-0.2, -0.15) is 0 Å². The summed E-state index contributed by atoms with van der Waals surface area (Å²) < 4.78 is 0.774. The quantitative estimate of drug-likeness (QED) is 0.911. The zero-order valence-electron chi connectivity index (χ0n) is 9.44. The van der Waals surface area contributed by atoms with Gasteiger partial charge in [0.15, 0.2) is 0 Å². The SMILES string of the molecule is NC(=O)c1ccc(NC(=O)c2cc(Cl)sc2Cl)cc1. The number of thiophene rings is 1. The maximum atomic E-state index is 11.9. The van der Waals surface area contributed by atoms with Gasteiger partial charge in [0.25, 0.3) is 5.91 Å². The van der Waals surface area contributed by atoms with Crippen molar-refractivity contribution in [2.45, 2.75) is 0 Å². The van der Waals surface area contributed by atoms with Gasteiger partial charge in [-0.15, -0.1) is 11.3 Å². The summed E-state index contributed by atoms with van der Waals surface area (Å²) in [6.45, 7) is 0. The minimum atomic E-state index is -0.523. The number of primary amides is 1. The highest BCUT2D eigenvalue weighted by atomic mass is 35.5. The first-order chi connectivity index (χ1) is 8.97. The van der Waals surface area contributed by atoms with Crippen molar-refractivity contribution >= 4 is 52.0 Å². The van der Waals surface area contributed by atoms with Crippen LogP contribution in [0.15, 0.2) is 30.3 Å². The van der Waals surface area contributed by atoms with E-state index in [1.54, 1.807) is 12.1 Å². The smallest absolute Gasteiger partial charge is 0.258 e. The van der Waals surface area contributed by atoms with E-state index in [2.05, 4.69) is 5.32 Å². The minimum absolute atomic E-state index is 0.315. The molecule has 0 bridgehead atoms. The summed E-state index contributed by atoms with van der Waals surface area (Å²) in [6, 6.07) is 7.72. The van der Waals surface area contributed by atoms with Gasteiger partial charge in [-0.1, -0.05) is 23.2 Å². The van der Waals surface area contributed by atoms with Gasteiger partial charge in [-0.25, -0.2) is 0 Å². The molecule has 7 heteroatoms. The molecule has 0 saturated carbocycles. The number of carbonyl (C=O) groups excluding carboxylic acids is 2. The molecule has 0 spiro atoms. The Bertz CT molecular complexity index is 638. The zero-order valence-corrected chi connectivity index (χ0v) is 11.8. The van der Waals surface area contributed by atoms with Crippen LogP contribution >= 0.6 is 34.5 Å². The monoisotopic (exact) mass is 314 g/mol. The van der Waals surface area contributed by atoms with Crippen LogP contribution in [0, 0.1) is 0 Å². The van der Waals surface area contributed by atoms with E-state index in [9.17, 15) is 9.59 Å². The average molecular weight is 315 g/mol. The van der Waals surface area contributed by atoms with Gasteiger partial charge in [-0.05, 0) is 30.3 Å². The second-order valence-electron chi connectivity index (χ2n) is 3.63. The Balaban J connectivity index is 2.15. The van der Waals surface area contributed by atoms with Crippen molar-refractivity contribution in [1.82, 2.24) is 0 Å². The summed E-state index contributed by atoms with van der Waals surface area (Å²) in [6.07, 6.45) is 0. The molecule has 98 valence electrons. The molecule has 0 atom stereocenters. The number of nitrogens with two attached hydrogens (primary N) is 1. The van der Waals surface area contributed by atoms with E-state index >= 15 is 0 Å². The van der Waals surface area contributed by atoms with Gasteiger partial charge in [0.1, 0.15) is 4.34 Å². The Hall–Kier alpha value is -1.56. The zero-order chi connectivity index (χ0) is 14.0. The largest absolute Gasteiger partial charge is 0.366 e. The average Bonchev–Trinajstić information content (AvgIpc) is 2.69. The Kier molecular flexibility index (Phi) is 4.09. The first-order valence-corrected chi connectivity index (χ1v) is 6.70. The molecule has 0 aliphatic rings. The third-order valence-corrected chi connectivity index (χ3v) is 3.82. The number of rotatable bonds is 3. The maximum Gasteiger partial charge on any atom is 0.258 e. The van der Waals surface area contributed by atoms with Crippen LogP contribution in [0.5, 0.6) is 0 Å². The van der Waals surface area contributed by atoms with E-state index < -0.39 is 5.91 Å². The second kappa shape index (κ2) is 5.61. The van der Waals surface area contributed by atoms with Crippen molar-refractivity contribution in [3.8, 4) is 0 Å². The third kappa shape index (κ3) is 3.26. The van der Waals surface area contributed by atoms with Crippen LogP contribution in [0.3, 0.4) is 0 Å².